The van der Waals surface area contributed by atoms with E-state index in [1.807, 2.05) is 0 Å². The van der Waals surface area contributed by atoms with E-state index in [0.717, 1.165) is 12.8 Å². The Kier molecular flexibility index (Phi) is 7.48. The molecule has 0 radical (unpaired) electrons. The minimum Gasteiger partial charge on any atom is -0.481 e. The molecule has 0 spiro atoms. The third-order valence-corrected chi connectivity index (χ3v) is 3.48. The molecule has 0 aromatic rings. The van der Waals surface area contributed by atoms with Gasteiger partial charge in [-0.15, -0.1) is 0 Å². The van der Waals surface area contributed by atoms with Gasteiger partial charge in [0.15, 0.2) is 0 Å². The summed E-state index contributed by atoms with van der Waals surface area (Å²) in [7, 11) is 0. The zero-order valence-electron chi connectivity index (χ0n) is 11.7. The van der Waals surface area contributed by atoms with Crippen LogP contribution in [0.1, 0.15) is 51.9 Å². The van der Waals surface area contributed by atoms with Crippen molar-refractivity contribution in [3.63, 3.8) is 0 Å². The number of carboxylic acids is 1. The summed E-state index contributed by atoms with van der Waals surface area (Å²) in [5.41, 5.74) is 0. The largest absolute Gasteiger partial charge is 0.481 e. The second-order valence-corrected chi connectivity index (χ2v) is 5.41. The first-order valence-corrected chi connectivity index (χ1v) is 7.18. The van der Waals surface area contributed by atoms with Gasteiger partial charge in [-0.2, -0.15) is 0 Å². The van der Waals surface area contributed by atoms with E-state index in [2.05, 4.69) is 12.2 Å². The molecule has 1 aliphatic rings. The maximum Gasteiger partial charge on any atom is 0.303 e. The summed E-state index contributed by atoms with van der Waals surface area (Å²) in [5.74, 6) is -0.201. The van der Waals surface area contributed by atoms with E-state index in [-0.39, 0.29) is 25.0 Å². The normalized spacial score (nSPS) is 23.0. The molecule has 5 heteroatoms. The fourth-order valence-corrected chi connectivity index (χ4v) is 2.40. The molecule has 2 atom stereocenters. The van der Waals surface area contributed by atoms with Crippen LogP contribution in [0, 0.1) is 5.92 Å². The number of carboxylic acid groups (broad SMARTS) is 1. The number of rotatable bonds is 8. The highest BCUT2D eigenvalue weighted by molar-refractivity contribution is 5.77. The van der Waals surface area contributed by atoms with Gasteiger partial charge in [0.05, 0.1) is 6.10 Å². The quantitative estimate of drug-likeness (QED) is 0.662. The summed E-state index contributed by atoms with van der Waals surface area (Å²) in [6.45, 7) is 2.87. The number of ether oxygens (including phenoxy) is 1. The summed E-state index contributed by atoms with van der Waals surface area (Å²) in [5, 5.41) is 11.2. The lowest BCUT2D eigenvalue weighted by Gasteiger charge is -2.26. The number of aliphatic carboxylic acids is 1. The first kappa shape index (κ1) is 16.0. The minimum absolute atomic E-state index is 0.103. The first-order chi connectivity index (χ1) is 9.08. The van der Waals surface area contributed by atoms with Gasteiger partial charge in [0.2, 0.25) is 5.91 Å². The number of carbonyl (C=O) groups is 2. The number of unbranched alkanes of at least 4 members (excludes halogenated alkanes) is 1. The van der Waals surface area contributed by atoms with Crippen molar-refractivity contribution < 1.29 is 19.4 Å². The molecule has 1 saturated carbocycles. The van der Waals surface area contributed by atoms with Crippen molar-refractivity contribution in [1.29, 1.82) is 0 Å². The van der Waals surface area contributed by atoms with E-state index >= 15 is 0 Å². The monoisotopic (exact) mass is 271 g/mol. The third-order valence-electron chi connectivity index (χ3n) is 3.48. The summed E-state index contributed by atoms with van der Waals surface area (Å²) in [6, 6.07) is 0. The summed E-state index contributed by atoms with van der Waals surface area (Å²) in [4.78, 5) is 21.8. The Balaban J connectivity index is 2.00. The molecule has 0 aromatic carbocycles. The molecule has 0 bridgehead atoms. The van der Waals surface area contributed by atoms with Crippen molar-refractivity contribution in [3.8, 4) is 0 Å². The minimum atomic E-state index is -0.791. The van der Waals surface area contributed by atoms with Gasteiger partial charge in [0, 0.05) is 13.0 Å². The zero-order valence-corrected chi connectivity index (χ0v) is 11.7. The Morgan fingerprint density at radius 3 is 2.79 bits per heavy atom. The van der Waals surface area contributed by atoms with Crippen molar-refractivity contribution in [1.82, 2.24) is 5.32 Å². The van der Waals surface area contributed by atoms with Crippen LogP contribution in [0.2, 0.25) is 0 Å². The van der Waals surface area contributed by atoms with E-state index in [1.54, 1.807) is 0 Å². The SMILES string of the molecule is C[C@@H]1CCC[C@H](OCC(=O)NCCCCC(=O)O)C1. The molecule has 1 rings (SSSR count). The average Bonchev–Trinajstić information content (AvgIpc) is 2.35. The molecule has 110 valence electrons. The molecule has 19 heavy (non-hydrogen) atoms. The van der Waals surface area contributed by atoms with Gasteiger partial charge in [-0.3, -0.25) is 9.59 Å². The van der Waals surface area contributed by atoms with Gasteiger partial charge in [-0.1, -0.05) is 19.8 Å². The van der Waals surface area contributed by atoms with Gasteiger partial charge in [-0.05, 0) is 31.6 Å². The summed E-state index contributed by atoms with van der Waals surface area (Å²) < 4.78 is 5.60. The van der Waals surface area contributed by atoms with Gasteiger partial charge < -0.3 is 15.2 Å². The smallest absolute Gasteiger partial charge is 0.303 e. The van der Waals surface area contributed by atoms with Crippen LogP contribution in [0.3, 0.4) is 0 Å². The van der Waals surface area contributed by atoms with E-state index in [1.165, 1.54) is 12.8 Å². The molecule has 0 heterocycles. The highest BCUT2D eigenvalue weighted by atomic mass is 16.5. The number of carbonyl (C=O) groups excluding carboxylic acids is 1. The van der Waals surface area contributed by atoms with Crippen LogP contribution in [-0.4, -0.2) is 36.2 Å². The van der Waals surface area contributed by atoms with E-state index in [9.17, 15) is 9.59 Å². The number of nitrogens with one attached hydrogen (secondary N) is 1. The Morgan fingerprint density at radius 2 is 2.11 bits per heavy atom. The topological polar surface area (TPSA) is 75.6 Å². The fourth-order valence-electron chi connectivity index (χ4n) is 2.40. The van der Waals surface area contributed by atoms with Crippen LogP contribution < -0.4 is 5.32 Å². The van der Waals surface area contributed by atoms with Crippen molar-refractivity contribution in [3.05, 3.63) is 0 Å². The van der Waals surface area contributed by atoms with Crippen LogP contribution in [0.4, 0.5) is 0 Å². The number of hydrogen-bond donors (Lipinski definition) is 2. The van der Waals surface area contributed by atoms with Gasteiger partial charge in [0.25, 0.3) is 0 Å². The van der Waals surface area contributed by atoms with Crippen LogP contribution in [0.15, 0.2) is 0 Å². The van der Waals surface area contributed by atoms with Crippen molar-refractivity contribution in [2.75, 3.05) is 13.2 Å². The number of hydrogen-bond acceptors (Lipinski definition) is 3. The molecule has 0 unspecified atom stereocenters. The molecular weight excluding hydrogens is 246 g/mol. The van der Waals surface area contributed by atoms with Crippen LogP contribution in [-0.2, 0) is 14.3 Å². The van der Waals surface area contributed by atoms with Gasteiger partial charge >= 0.3 is 5.97 Å². The lowest BCUT2D eigenvalue weighted by atomic mass is 9.89. The van der Waals surface area contributed by atoms with Crippen molar-refractivity contribution >= 4 is 11.9 Å². The maximum absolute atomic E-state index is 11.5. The Bertz CT molecular complexity index is 293. The summed E-state index contributed by atoms with van der Waals surface area (Å²) in [6.07, 6.45) is 6.21. The summed E-state index contributed by atoms with van der Waals surface area (Å²) >= 11 is 0. The third kappa shape index (κ3) is 7.82. The van der Waals surface area contributed by atoms with Gasteiger partial charge in [0.1, 0.15) is 6.61 Å². The van der Waals surface area contributed by atoms with E-state index in [0.29, 0.717) is 25.3 Å². The molecular formula is C14H25NO4. The highest BCUT2D eigenvalue weighted by Crippen LogP contribution is 2.25. The lowest BCUT2D eigenvalue weighted by Crippen LogP contribution is -2.32. The Labute approximate surface area is 114 Å². The fraction of sp³-hybridized carbons (Fsp3) is 0.857. The van der Waals surface area contributed by atoms with Crippen molar-refractivity contribution in [2.24, 2.45) is 5.92 Å². The standard InChI is InChI=1S/C14H25NO4/c1-11-5-4-6-12(9-11)19-10-13(16)15-8-3-2-7-14(17)18/h11-12H,2-10H2,1H3,(H,15,16)(H,17,18)/t11-,12+/m1/s1. The van der Waals surface area contributed by atoms with E-state index in [4.69, 9.17) is 9.84 Å². The molecule has 0 aliphatic heterocycles. The molecule has 5 nitrogen and oxygen atoms in total. The van der Waals surface area contributed by atoms with Crippen molar-refractivity contribution in [2.45, 2.75) is 58.0 Å². The first-order valence-electron chi connectivity index (χ1n) is 7.18. The predicted molar refractivity (Wildman–Crippen MR) is 71.9 cm³/mol. The molecule has 1 aliphatic carbocycles. The molecule has 0 aromatic heterocycles. The predicted octanol–water partition coefficient (Wildman–Crippen LogP) is 1.95. The molecule has 1 amide bonds. The van der Waals surface area contributed by atoms with E-state index < -0.39 is 5.97 Å². The average molecular weight is 271 g/mol. The van der Waals surface area contributed by atoms with Gasteiger partial charge in [-0.25, -0.2) is 0 Å². The van der Waals surface area contributed by atoms with Crippen LogP contribution >= 0.6 is 0 Å². The second kappa shape index (κ2) is 8.91. The zero-order chi connectivity index (χ0) is 14.1. The number of amides is 1. The molecule has 1 fully saturated rings. The van der Waals surface area contributed by atoms with Crippen LogP contribution in [0.25, 0.3) is 0 Å². The molecule has 2 N–H and O–H groups in total. The Morgan fingerprint density at radius 1 is 1.32 bits per heavy atom. The molecule has 0 saturated heterocycles. The Hall–Kier alpha value is -1.10. The lowest BCUT2D eigenvalue weighted by molar-refractivity contribution is -0.137. The van der Waals surface area contributed by atoms with Crippen LogP contribution in [0.5, 0.6) is 0 Å². The second-order valence-electron chi connectivity index (χ2n) is 5.41. The maximum atomic E-state index is 11.5. The highest BCUT2D eigenvalue weighted by Gasteiger charge is 2.19.